The van der Waals surface area contributed by atoms with Crippen molar-refractivity contribution in [3.8, 4) is 0 Å². The Labute approximate surface area is 180 Å². The fourth-order valence-electron chi connectivity index (χ4n) is 2.63. The van der Waals surface area contributed by atoms with Gasteiger partial charge in [-0.1, -0.05) is 24.3 Å². The van der Waals surface area contributed by atoms with Gasteiger partial charge in [-0.3, -0.25) is 14.9 Å². The van der Waals surface area contributed by atoms with E-state index in [-0.39, 0.29) is 24.7 Å². The molecule has 0 aliphatic rings. The molecule has 0 saturated carbocycles. The van der Waals surface area contributed by atoms with Gasteiger partial charge in [0.1, 0.15) is 6.61 Å². The summed E-state index contributed by atoms with van der Waals surface area (Å²) in [6.07, 6.45) is -4.45. The van der Waals surface area contributed by atoms with Crippen LogP contribution in [-0.4, -0.2) is 16.9 Å². The van der Waals surface area contributed by atoms with Crippen molar-refractivity contribution in [1.29, 1.82) is 0 Å². The molecule has 6 nitrogen and oxygen atoms in total. The summed E-state index contributed by atoms with van der Waals surface area (Å²) in [5.74, 6) is -0.801. The van der Waals surface area contributed by atoms with E-state index in [9.17, 15) is 22.8 Å². The van der Waals surface area contributed by atoms with E-state index in [4.69, 9.17) is 4.74 Å². The van der Waals surface area contributed by atoms with E-state index in [1.54, 1.807) is 29.6 Å². The summed E-state index contributed by atoms with van der Waals surface area (Å²) in [7, 11) is 0. The van der Waals surface area contributed by atoms with Gasteiger partial charge in [-0.15, -0.1) is 11.3 Å². The Balaban J connectivity index is 1.58. The molecule has 0 atom stereocenters. The number of para-hydroxylation sites is 1. The average molecular weight is 449 g/mol. The maximum atomic E-state index is 13.1. The molecule has 31 heavy (non-hydrogen) atoms. The Morgan fingerprint density at radius 1 is 1.10 bits per heavy atom. The lowest BCUT2D eigenvalue weighted by Crippen LogP contribution is -2.12. The highest BCUT2D eigenvalue weighted by molar-refractivity contribution is 7.13. The van der Waals surface area contributed by atoms with Crippen molar-refractivity contribution in [3.63, 3.8) is 0 Å². The van der Waals surface area contributed by atoms with E-state index >= 15 is 0 Å². The predicted octanol–water partition coefficient (Wildman–Crippen LogP) is 5.09. The van der Waals surface area contributed by atoms with Crippen LogP contribution in [0.1, 0.15) is 34.1 Å². The van der Waals surface area contributed by atoms with Crippen LogP contribution in [0.2, 0.25) is 0 Å². The number of amides is 1. The number of hydrogen-bond donors (Lipinski definition) is 2. The van der Waals surface area contributed by atoms with Gasteiger partial charge in [-0.2, -0.15) is 13.2 Å². The Morgan fingerprint density at radius 2 is 1.81 bits per heavy atom. The Bertz CT molecular complexity index is 1070. The summed E-state index contributed by atoms with van der Waals surface area (Å²) in [5, 5.41) is 7.47. The highest BCUT2D eigenvalue weighted by Gasteiger charge is 2.33. The summed E-state index contributed by atoms with van der Waals surface area (Å²) < 4.78 is 44.0. The SMILES string of the molecule is CC(=O)OCc1csc(NC(=O)c2ccc(CNc3ccccc3C(F)(F)F)cc2)n1. The second-order valence-corrected chi connectivity index (χ2v) is 7.33. The molecule has 10 heteroatoms. The first kappa shape index (κ1) is 22.3. The quantitative estimate of drug-likeness (QED) is 0.491. The summed E-state index contributed by atoms with van der Waals surface area (Å²) in [6, 6.07) is 11.7. The highest BCUT2D eigenvalue weighted by atomic mass is 32.1. The zero-order chi connectivity index (χ0) is 22.4. The third-order valence-corrected chi connectivity index (χ3v) is 4.93. The van der Waals surface area contributed by atoms with Gasteiger partial charge >= 0.3 is 12.1 Å². The Morgan fingerprint density at radius 3 is 2.48 bits per heavy atom. The zero-order valence-corrected chi connectivity index (χ0v) is 17.1. The van der Waals surface area contributed by atoms with Crippen LogP contribution < -0.4 is 10.6 Å². The molecule has 2 aromatic carbocycles. The molecule has 3 aromatic rings. The number of hydrogen-bond acceptors (Lipinski definition) is 6. The second kappa shape index (κ2) is 9.61. The van der Waals surface area contributed by atoms with Crippen LogP contribution in [-0.2, 0) is 28.9 Å². The predicted molar refractivity (Wildman–Crippen MR) is 111 cm³/mol. The molecular weight excluding hydrogens is 431 g/mol. The molecule has 0 spiro atoms. The number of nitrogens with zero attached hydrogens (tertiary/aromatic N) is 1. The molecule has 0 aliphatic heterocycles. The lowest BCUT2D eigenvalue weighted by Gasteiger charge is -2.14. The van der Waals surface area contributed by atoms with E-state index in [1.807, 2.05) is 0 Å². The number of thiazole rings is 1. The number of ether oxygens (including phenoxy) is 1. The summed E-state index contributed by atoms with van der Waals surface area (Å²) in [5.41, 5.74) is 0.867. The van der Waals surface area contributed by atoms with Crippen molar-refractivity contribution >= 4 is 34.0 Å². The van der Waals surface area contributed by atoms with E-state index < -0.39 is 17.7 Å². The van der Waals surface area contributed by atoms with Crippen LogP contribution in [0.15, 0.2) is 53.9 Å². The Hall–Kier alpha value is -3.40. The summed E-state index contributed by atoms with van der Waals surface area (Å²) >= 11 is 1.20. The minimum Gasteiger partial charge on any atom is -0.459 e. The van der Waals surface area contributed by atoms with Crippen LogP contribution in [0.4, 0.5) is 24.0 Å². The number of esters is 1. The van der Waals surface area contributed by atoms with Crippen LogP contribution in [0, 0.1) is 0 Å². The molecule has 0 radical (unpaired) electrons. The standard InChI is InChI=1S/C21H18F3N3O3S/c1-13(28)30-11-16-12-31-20(26-16)27-19(29)15-8-6-14(7-9-15)10-25-18-5-3-2-4-17(18)21(22,23)24/h2-9,12,25H,10-11H2,1H3,(H,26,27,29). The molecule has 0 fully saturated rings. The average Bonchev–Trinajstić information content (AvgIpc) is 3.18. The number of rotatable bonds is 7. The molecule has 2 N–H and O–H groups in total. The van der Waals surface area contributed by atoms with E-state index in [2.05, 4.69) is 15.6 Å². The second-order valence-electron chi connectivity index (χ2n) is 6.47. The fraction of sp³-hybridized carbons (Fsp3) is 0.190. The highest BCUT2D eigenvalue weighted by Crippen LogP contribution is 2.34. The number of halogens is 3. The normalized spacial score (nSPS) is 11.1. The smallest absolute Gasteiger partial charge is 0.418 e. The molecule has 0 aliphatic carbocycles. The molecular formula is C21H18F3N3O3S. The molecule has 1 amide bonds. The third-order valence-electron chi connectivity index (χ3n) is 4.13. The van der Waals surface area contributed by atoms with Crippen molar-refractivity contribution in [3.05, 3.63) is 76.3 Å². The molecule has 1 aromatic heterocycles. The molecule has 0 saturated heterocycles. The van der Waals surface area contributed by atoms with Crippen LogP contribution in [0.25, 0.3) is 0 Å². The maximum absolute atomic E-state index is 13.1. The number of nitrogens with one attached hydrogen (secondary N) is 2. The number of carbonyl (C=O) groups is 2. The van der Waals surface area contributed by atoms with Gasteiger partial charge in [0.05, 0.1) is 11.3 Å². The summed E-state index contributed by atoms with van der Waals surface area (Å²) in [6.45, 7) is 1.49. The number of alkyl halides is 3. The van der Waals surface area contributed by atoms with Gasteiger partial charge in [0.2, 0.25) is 0 Å². The van der Waals surface area contributed by atoms with E-state index in [0.29, 0.717) is 22.0 Å². The fourth-order valence-corrected chi connectivity index (χ4v) is 3.32. The van der Waals surface area contributed by atoms with Gasteiger partial charge in [0.25, 0.3) is 5.91 Å². The summed E-state index contributed by atoms with van der Waals surface area (Å²) in [4.78, 5) is 27.4. The first-order valence-electron chi connectivity index (χ1n) is 9.10. The van der Waals surface area contributed by atoms with Crippen molar-refractivity contribution in [2.75, 3.05) is 10.6 Å². The lowest BCUT2D eigenvalue weighted by atomic mass is 10.1. The van der Waals surface area contributed by atoms with E-state index in [1.165, 1.54) is 36.5 Å². The minimum atomic E-state index is -4.45. The molecule has 3 rings (SSSR count). The van der Waals surface area contributed by atoms with Crippen molar-refractivity contribution < 1.29 is 27.5 Å². The molecule has 0 bridgehead atoms. The maximum Gasteiger partial charge on any atom is 0.418 e. The van der Waals surface area contributed by atoms with Gasteiger partial charge in [-0.05, 0) is 29.8 Å². The number of aromatic nitrogens is 1. The number of anilines is 2. The van der Waals surface area contributed by atoms with Gasteiger partial charge < -0.3 is 10.1 Å². The number of benzene rings is 2. The largest absolute Gasteiger partial charge is 0.459 e. The van der Waals surface area contributed by atoms with Crippen LogP contribution in [0.5, 0.6) is 0 Å². The van der Waals surface area contributed by atoms with Crippen LogP contribution in [0.3, 0.4) is 0 Å². The monoisotopic (exact) mass is 449 g/mol. The van der Waals surface area contributed by atoms with Gasteiger partial charge in [0.15, 0.2) is 5.13 Å². The lowest BCUT2D eigenvalue weighted by molar-refractivity contribution is -0.142. The first-order valence-corrected chi connectivity index (χ1v) is 9.98. The minimum absolute atomic E-state index is 0.00912. The van der Waals surface area contributed by atoms with Crippen molar-refractivity contribution in [2.45, 2.75) is 26.3 Å². The van der Waals surface area contributed by atoms with Crippen LogP contribution >= 0.6 is 11.3 Å². The van der Waals surface area contributed by atoms with Crippen molar-refractivity contribution in [1.82, 2.24) is 4.98 Å². The van der Waals surface area contributed by atoms with Gasteiger partial charge in [-0.25, -0.2) is 4.98 Å². The topological polar surface area (TPSA) is 80.3 Å². The first-order chi connectivity index (χ1) is 14.7. The molecule has 162 valence electrons. The van der Waals surface area contributed by atoms with Gasteiger partial charge in [0, 0.05) is 30.1 Å². The third kappa shape index (κ3) is 6.29. The molecule has 0 unspecified atom stereocenters. The van der Waals surface area contributed by atoms with Crippen molar-refractivity contribution in [2.24, 2.45) is 0 Å². The Kier molecular flexibility index (Phi) is 6.91. The molecule has 1 heterocycles. The number of carbonyl (C=O) groups excluding carboxylic acids is 2. The zero-order valence-electron chi connectivity index (χ0n) is 16.3. The van der Waals surface area contributed by atoms with E-state index in [0.717, 1.165) is 6.07 Å².